The van der Waals surface area contributed by atoms with Gasteiger partial charge in [-0.1, -0.05) is 66.7 Å². The van der Waals surface area contributed by atoms with Gasteiger partial charge in [-0.25, -0.2) is 8.42 Å². The van der Waals surface area contributed by atoms with Crippen LogP contribution in [-0.2, 0) is 21.1 Å². The summed E-state index contributed by atoms with van der Waals surface area (Å²) in [5.74, 6) is 0.305. The molecule has 4 rings (SSSR count). The van der Waals surface area contributed by atoms with Crippen molar-refractivity contribution in [3.05, 3.63) is 96.6 Å². The Bertz CT molecular complexity index is 1410. The predicted octanol–water partition coefficient (Wildman–Crippen LogP) is 4.01. The van der Waals surface area contributed by atoms with E-state index in [1.807, 2.05) is 66.7 Å². The van der Waals surface area contributed by atoms with Gasteiger partial charge in [-0.15, -0.1) is 0 Å². The van der Waals surface area contributed by atoms with Crippen molar-refractivity contribution >= 4 is 26.5 Å². The number of aliphatic hydroxyl groups excluding tert-OH is 1. The normalized spacial score (nSPS) is 12.3. The molecule has 4 aromatic carbocycles. The molecule has 0 aliphatic carbocycles. The summed E-state index contributed by atoms with van der Waals surface area (Å²) >= 11 is 0. The summed E-state index contributed by atoms with van der Waals surface area (Å²) in [6, 6.07) is 27.6. The molecule has 0 aliphatic rings. The summed E-state index contributed by atoms with van der Waals surface area (Å²) in [5, 5.41) is 14.7. The number of rotatable bonds is 9. The topological polar surface area (TPSA) is 92.7 Å². The van der Waals surface area contributed by atoms with Crippen LogP contribution in [0.4, 0.5) is 0 Å². The molecular weight excluding hydrogens is 462 g/mol. The average Bonchev–Trinajstić information content (AvgIpc) is 2.87. The third-order valence-electron chi connectivity index (χ3n) is 5.73. The third kappa shape index (κ3) is 6.47. The minimum Gasteiger partial charge on any atom is -0.484 e. The van der Waals surface area contributed by atoms with Gasteiger partial charge in [0.25, 0.3) is 5.91 Å². The monoisotopic (exact) mass is 489 g/mol. The molecule has 0 radical (unpaired) electrons. The van der Waals surface area contributed by atoms with Gasteiger partial charge in [-0.2, -0.15) is 0 Å². The second-order valence-corrected chi connectivity index (χ2v) is 10.5. The Balaban J connectivity index is 1.32. The van der Waals surface area contributed by atoms with Crippen molar-refractivity contribution in [2.24, 2.45) is 0 Å². The molecule has 0 heterocycles. The Kier molecular flexibility index (Phi) is 7.48. The summed E-state index contributed by atoms with van der Waals surface area (Å²) in [6.07, 6.45) is 1.65. The Hall–Kier alpha value is -3.68. The standard InChI is InChI=1S/C28H27NO5S/c1-35(32,33)27-14-11-23(12-15-27)22-8-6-20(7-9-22)16-25(18-30)29-28(31)19-34-26-13-10-21-4-2-3-5-24(21)17-26/h2-15,17,25,30H,16,18-19H2,1H3,(H,29,31)/t25-/m0/s1. The lowest BCUT2D eigenvalue weighted by molar-refractivity contribution is -0.124. The van der Waals surface area contributed by atoms with Crippen LogP contribution in [0.25, 0.3) is 21.9 Å². The number of hydrogen-bond acceptors (Lipinski definition) is 5. The van der Waals surface area contributed by atoms with Gasteiger partial charge in [0.1, 0.15) is 5.75 Å². The lowest BCUT2D eigenvalue weighted by atomic mass is 10.0. The molecule has 0 spiro atoms. The van der Waals surface area contributed by atoms with Crippen LogP contribution in [0.5, 0.6) is 5.75 Å². The predicted molar refractivity (Wildman–Crippen MR) is 137 cm³/mol. The van der Waals surface area contributed by atoms with E-state index in [4.69, 9.17) is 4.74 Å². The van der Waals surface area contributed by atoms with Gasteiger partial charge in [-0.3, -0.25) is 4.79 Å². The molecule has 6 nitrogen and oxygen atoms in total. The van der Waals surface area contributed by atoms with Gasteiger partial charge in [0.2, 0.25) is 0 Å². The molecule has 0 unspecified atom stereocenters. The molecule has 4 aromatic rings. The maximum Gasteiger partial charge on any atom is 0.258 e. The quantitative estimate of drug-likeness (QED) is 0.371. The Morgan fingerprint density at radius 1 is 0.886 bits per heavy atom. The largest absolute Gasteiger partial charge is 0.484 e. The maximum atomic E-state index is 12.4. The Morgan fingerprint density at radius 3 is 2.14 bits per heavy atom. The first-order valence-corrected chi connectivity index (χ1v) is 13.1. The van der Waals surface area contributed by atoms with E-state index in [-0.39, 0.29) is 24.0 Å². The van der Waals surface area contributed by atoms with Crippen molar-refractivity contribution in [1.82, 2.24) is 5.32 Å². The molecule has 1 atom stereocenters. The van der Waals surface area contributed by atoms with E-state index < -0.39 is 15.9 Å². The fraction of sp³-hybridized carbons (Fsp3) is 0.179. The molecule has 35 heavy (non-hydrogen) atoms. The van der Waals surface area contributed by atoms with Gasteiger partial charge < -0.3 is 15.2 Å². The van der Waals surface area contributed by atoms with Crippen LogP contribution in [-0.4, -0.2) is 44.9 Å². The molecule has 0 saturated heterocycles. The maximum absolute atomic E-state index is 12.4. The molecule has 0 saturated carbocycles. The molecule has 7 heteroatoms. The van der Waals surface area contributed by atoms with Crippen LogP contribution in [0.15, 0.2) is 95.9 Å². The average molecular weight is 490 g/mol. The highest BCUT2D eigenvalue weighted by Gasteiger charge is 2.13. The molecule has 180 valence electrons. The Morgan fingerprint density at radius 2 is 1.51 bits per heavy atom. The first kappa shape index (κ1) is 24.4. The number of benzene rings is 4. The van der Waals surface area contributed by atoms with Crippen LogP contribution in [0.1, 0.15) is 5.56 Å². The Labute approximate surface area is 205 Å². The van der Waals surface area contributed by atoms with Crippen molar-refractivity contribution in [3.63, 3.8) is 0 Å². The molecule has 0 aliphatic heterocycles. The van der Waals surface area contributed by atoms with Crippen LogP contribution < -0.4 is 10.1 Å². The smallest absolute Gasteiger partial charge is 0.258 e. The minimum absolute atomic E-state index is 0.142. The first-order chi connectivity index (χ1) is 16.8. The molecule has 2 N–H and O–H groups in total. The van der Waals surface area contributed by atoms with Gasteiger partial charge in [0.15, 0.2) is 16.4 Å². The van der Waals surface area contributed by atoms with E-state index >= 15 is 0 Å². The number of carbonyl (C=O) groups is 1. The number of carbonyl (C=O) groups excluding carboxylic acids is 1. The zero-order chi connectivity index (χ0) is 24.8. The highest BCUT2D eigenvalue weighted by atomic mass is 32.2. The van der Waals surface area contributed by atoms with E-state index in [2.05, 4.69) is 5.32 Å². The van der Waals surface area contributed by atoms with Gasteiger partial charge >= 0.3 is 0 Å². The molecule has 0 bridgehead atoms. The fourth-order valence-corrected chi connectivity index (χ4v) is 4.48. The van der Waals surface area contributed by atoms with Crippen LogP contribution in [0.3, 0.4) is 0 Å². The summed E-state index contributed by atoms with van der Waals surface area (Å²) in [4.78, 5) is 12.7. The van der Waals surface area contributed by atoms with E-state index in [9.17, 15) is 18.3 Å². The summed E-state index contributed by atoms with van der Waals surface area (Å²) in [6.45, 7) is -0.340. The number of amides is 1. The zero-order valence-electron chi connectivity index (χ0n) is 19.3. The number of fused-ring (bicyclic) bond motifs is 1. The zero-order valence-corrected chi connectivity index (χ0v) is 20.2. The molecule has 0 fully saturated rings. The number of hydrogen-bond donors (Lipinski definition) is 2. The van der Waals surface area contributed by atoms with Gasteiger partial charge in [0.05, 0.1) is 17.5 Å². The van der Waals surface area contributed by atoms with Crippen LogP contribution >= 0.6 is 0 Å². The SMILES string of the molecule is CS(=O)(=O)c1ccc(-c2ccc(C[C@@H](CO)NC(=O)COc3ccc4ccccc4c3)cc2)cc1. The highest BCUT2D eigenvalue weighted by molar-refractivity contribution is 7.90. The second-order valence-electron chi connectivity index (χ2n) is 8.44. The van der Waals surface area contributed by atoms with Crippen molar-refractivity contribution in [2.75, 3.05) is 19.5 Å². The van der Waals surface area contributed by atoms with E-state index in [1.165, 1.54) is 6.26 Å². The van der Waals surface area contributed by atoms with Gasteiger partial charge in [-0.05, 0) is 58.1 Å². The van der Waals surface area contributed by atoms with Crippen molar-refractivity contribution < 1.29 is 23.1 Å². The molecule has 0 aromatic heterocycles. The van der Waals surface area contributed by atoms with Gasteiger partial charge in [0, 0.05) is 6.26 Å². The first-order valence-electron chi connectivity index (χ1n) is 11.2. The van der Waals surface area contributed by atoms with Crippen LogP contribution in [0.2, 0.25) is 0 Å². The molecule has 1 amide bonds. The number of sulfone groups is 1. The van der Waals surface area contributed by atoms with Crippen LogP contribution in [0, 0.1) is 0 Å². The van der Waals surface area contributed by atoms with E-state index in [1.54, 1.807) is 24.3 Å². The second kappa shape index (κ2) is 10.7. The number of ether oxygens (including phenoxy) is 1. The van der Waals surface area contributed by atoms with Crippen molar-refractivity contribution in [2.45, 2.75) is 17.4 Å². The van der Waals surface area contributed by atoms with E-state index in [0.717, 1.165) is 27.5 Å². The van der Waals surface area contributed by atoms with E-state index in [0.29, 0.717) is 12.2 Å². The number of nitrogens with one attached hydrogen (secondary N) is 1. The van der Waals surface area contributed by atoms with Crippen molar-refractivity contribution in [3.8, 4) is 16.9 Å². The summed E-state index contributed by atoms with van der Waals surface area (Å²) in [5.41, 5.74) is 2.81. The highest BCUT2D eigenvalue weighted by Crippen LogP contribution is 2.23. The fourth-order valence-electron chi connectivity index (χ4n) is 3.85. The lowest BCUT2D eigenvalue weighted by Gasteiger charge is -2.17. The lowest BCUT2D eigenvalue weighted by Crippen LogP contribution is -2.41. The van der Waals surface area contributed by atoms with Crippen molar-refractivity contribution in [1.29, 1.82) is 0 Å². The third-order valence-corrected chi connectivity index (χ3v) is 6.86. The summed E-state index contributed by atoms with van der Waals surface area (Å²) < 4.78 is 28.9. The minimum atomic E-state index is -3.23. The summed E-state index contributed by atoms with van der Waals surface area (Å²) in [7, 11) is -3.23. The molecular formula is C28H27NO5S. The number of aliphatic hydroxyl groups is 1.